The molecule has 0 aromatic carbocycles. The summed E-state index contributed by atoms with van der Waals surface area (Å²) in [5.74, 6) is -1.38. The van der Waals surface area contributed by atoms with E-state index in [1.165, 1.54) is 13.8 Å². The Morgan fingerprint density at radius 3 is 2.38 bits per heavy atom. The molecule has 6 nitrogen and oxygen atoms in total. The summed E-state index contributed by atoms with van der Waals surface area (Å²) in [5.41, 5.74) is 0. The van der Waals surface area contributed by atoms with Crippen LogP contribution in [-0.2, 0) is 23.9 Å². The minimum Gasteiger partial charge on any atom is -0.462 e. The third-order valence-electron chi connectivity index (χ3n) is 1.49. The van der Waals surface area contributed by atoms with Gasteiger partial charge in [0.2, 0.25) is 5.91 Å². The standard InChI is InChI=1S/C10H15NO5/c1-4-10(14)11-5-9(16-8(3)13)6-15-7(2)12/h4,9H,1,5-6H2,2-3H3,(H,11,14). The molecule has 1 atom stereocenters. The van der Waals surface area contributed by atoms with Crippen LogP contribution in [0.2, 0.25) is 0 Å². The SMILES string of the molecule is C=CC(=O)NCC(COC(C)=O)OC(C)=O. The van der Waals surface area contributed by atoms with Crippen LogP contribution >= 0.6 is 0 Å². The van der Waals surface area contributed by atoms with Crippen molar-refractivity contribution in [3.05, 3.63) is 12.7 Å². The largest absolute Gasteiger partial charge is 0.462 e. The summed E-state index contributed by atoms with van der Waals surface area (Å²) >= 11 is 0. The Morgan fingerprint density at radius 1 is 1.31 bits per heavy atom. The van der Waals surface area contributed by atoms with E-state index in [1.54, 1.807) is 0 Å². The van der Waals surface area contributed by atoms with Gasteiger partial charge in [0.25, 0.3) is 0 Å². The van der Waals surface area contributed by atoms with Crippen LogP contribution in [0.3, 0.4) is 0 Å². The molecule has 1 unspecified atom stereocenters. The van der Waals surface area contributed by atoms with Crippen LogP contribution in [-0.4, -0.2) is 37.1 Å². The summed E-state index contributed by atoms with van der Waals surface area (Å²) < 4.78 is 9.51. The second-order valence-corrected chi connectivity index (χ2v) is 2.98. The second kappa shape index (κ2) is 7.44. The van der Waals surface area contributed by atoms with E-state index in [0.717, 1.165) is 6.08 Å². The monoisotopic (exact) mass is 229 g/mol. The Labute approximate surface area is 93.6 Å². The van der Waals surface area contributed by atoms with Gasteiger partial charge in [-0.3, -0.25) is 14.4 Å². The van der Waals surface area contributed by atoms with Crippen LogP contribution in [0.15, 0.2) is 12.7 Å². The lowest BCUT2D eigenvalue weighted by molar-refractivity contribution is -0.156. The maximum Gasteiger partial charge on any atom is 0.303 e. The van der Waals surface area contributed by atoms with E-state index < -0.39 is 18.0 Å². The van der Waals surface area contributed by atoms with Crippen LogP contribution < -0.4 is 5.32 Å². The van der Waals surface area contributed by atoms with Gasteiger partial charge in [-0.1, -0.05) is 6.58 Å². The van der Waals surface area contributed by atoms with Gasteiger partial charge in [-0.05, 0) is 6.08 Å². The average Bonchev–Trinajstić information content (AvgIpc) is 2.20. The van der Waals surface area contributed by atoms with E-state index in [2.05, 4.69) is 16.6 Å². The highest BCUT2D eigenvalue weighted by atomic mass is 16.6. The molecule has 90 valence electrons. The van der Waals surface area contributed by atoms with Crippen molar-refractivity contribution in [2.24, 2.45) is 0 Å². The highest BCUT2D eigenvalue weighted by Crippen LogP contribution is 1.94. The number of hydrogen-bond donors (Lipinski definition) is 1. The number of amides is 1. The Bertz CT molecular complexity index is 287. The molecule has 1 amide bonds. The normalized spacial score (nSPS) is 11.1. The number of nitrogens with one attached hydrogen (secondary N) is 1. The average molecular weight is 229 g/mol. The summed E-state index contributed by atoms with van der Waals surface area (Å²) in [4.78, 5) is 32.1. The second-order valence-electron chi connectivity index (χ2n) is 2.98. The zero-order valence-electron chi connectivity index (χ0n) is 9.32. The first-order chi connectivity index (χ1) is 7.45. The highest BCUT2D eigenvalue weighted by molar-refractivity contribution is 5.86. The molecule has 0 spiro atoms. The number of carbonyl (C=O) groups excluding carboxylic acids is 3. The van der Waals surface area contributed by atoms with Gasteiger partial charge in [-0.15, -0.1) is 0 Å². The maximum atomic E-state index is 10.9. The van der Waals surface area contributed by atoms with Gasteiger partial charge >= 0.3 is 11.9 Å². The molecule has 0 aliphatic rings. The maximum absolute atomic E-state index is 10.9. The van der Waals surface area contributed by atoms with E-state index in [1.807, 2.05) is 0 Å². The van der Waals surface area contributed by atoms with Gasteiger partial charge in [0.1, 0.15) is 6.61 Å². The molecule has 0 saturated carbocycles. The molecule has 0 rings (SSSR count). The zero-order valence-corrected chi connectivity index (χ0v) is 9.32. The summed E-state index contributed by atoms with van der Waals surface area (Å²) in [6.07, 6.45) is 0.404. The van der Waals surface area contributed by atoms with Crippen molar-refractivity contribution in [1.29, 1.82) is 0 Å². The summed E-state index contributed by atoms with van der Waals surface area (Å²) in [6, 6.07) is 0. The molecule has 0 radical (unpaired) electrons. The van der Waals surface area contributed by atoms with Crippen LogP contribution in [0.4, 0.5) is 0 Å². The van der Waals surface area contributed by atoms with Crippen LogP contribution in [0.5, 0.6) is 0 Å². The van der Waals surface area contributed by atoms with Gasteiger partial charge < -0.3 is 14.8 Å². The Hall–Kier alpha value is -1.85. The van der Waals surface area contributed by atoms with Crippen LogP contribution in [0.25, 0.3) is 0 Å². The Balaban J connectivity index is 4.08. The van der Waals surface area contributed by atoms with Crippen molar-refractivity contribution in [3.8, 4) is 0 Å². The van der Waals surface area contributed by atoms with Crippen molar-refractivity contribution < 1.29 is 23.9 Å². The van der Waals surface area contributed by atoms with Crippen molar-refractivity contribution in [3.63, 3.8) is 0 Å². The molecule has 0 heterocycles. The van der Waals surface area contributed by atoms with E-state index in [-0.39, 0.29) is 19.1 Å². The highest BCUT2D eigenvalue weighted by Gasteiger charge is 2.14. The molecule has 16 heavy (non-hydrogen) atoms. The van der Waals surface area contributed by atoms with Gasteiger partial charge in [0.05, 0.1) is 6.54 Å². The van der Waals surface area contributed by atoms with Crippen molar-refractivity contribution in [2.75, 3.05) is 13.2 Å². The van der Waals surface area contributed by atoms with E-state index in [4.69, 9.17) is 4.74 Å². The minimum atomic E-state index is -0.690. The third kappa shape index (κ3) is 7.54. The van der Waals surface area contributed by atoms with Crippen molar-refractivity contribution >= 4 is 17.8 Å². The van der Waals surface area contributed by atoms with E-state index >= 15 is 0 Å². The number of rotatable bonds is 6. The fourth-order valence-corrected chi connectivity index (χ4v) is 0.866. The lowest BCUT2D eigenvalue weighted by atomic mass is 10.3. The number of carbonyl (C=O) groups is 3. The molecule has 0 aromatic rings. The van der Waals surface area contributed by atoms with Gasteiger partial charge in [-0.2, -0.15) is 0 Å². The molecule has 1 N–H and O–H groups in total. The van der Waals surface area contributed by atoms with E-state index in [0.29, 0.717) is 0 Å². The first-order valence-electron chi connectivity index (χ1n) is 4.66. The molecule has 0 aromatic heterocycles. The number of ether oxygens (including phenoxy) is 2. The lowest BCUT2D eigenvalue weighted by Crippen LogP contribution is -2.37. The lowest BCUT2D eigenvalue weighted by Gasteiger charge is -2.16. The number of esters is 2. The summed E-state index contributed by atoms with van der Waals surface area (Å²) in [5, 5.41) is 2.44. The molecular weight excluding hydrogens is 214 g/mol. The summed E-state index contributed by atoms with van der Waals surface area (Å²) in [6.45, 7) is 5.72. The van der Waals surface area contributed by atoms with E-state index in [9.17, 15) is 14.4 Å². The molecule has 0 aliphatic carbocycles. The molecule has 0 fully saturated rings. The zero-order chi connectivity index (χ0) is 12.6. The predicted molar refractivity (Wildman–Crippen MR) is 55.4 cm³/mol. The third-order valence-corrected chi connectivity index (χ3v) is 1.49. The predicted octanol–water partition coefficient (Wildman–Crippen LogP) is -0.217. The minimum absolute atomic E-state index is 0.0672. The molecule has 0 bridgehead atoms. The van der Waals surface area contributed by atoms with Crippen molar-refractivity contribution in [2.45, 2.75) is 20.0 Å². The van der Waals surface area contributed by atoms with Crippen molar-refractivity contribution in [1.82, 2.24) is 5.32 Å². The van der Waals surface area contributed by atoms with Gasteiger partial charge in [-0.25, -0.2) is 0 Å². The fraction of sp³-hybridized carbons (Fsp3) is 0.500. The number of hydrogen-bond acceptors (Lipinski definition) is 5. The summed E-state index contributed by atoms with van der Waals surface area (Å²) in [7, 11) is 0. The first kappa shape index (κ1) is 14.2. The van der Waals surface area contributed by atoms with Gasteiger partial charge in [0.15, 0.2) is 6.10 Å². The quantitative estimate of drug-likeness (QED) is 0.503. The first-order valence-corrected chi connectivity index (χ1v) is 4.66. The molecule has 0 saturated heterocycles. The smallest absolute Gasteiger partial charge is 0.303 e. The fourth-order valence-electron chi connectivity index (χ4n) is 0.866. The molecule has 0 aliphatic heterocycles. The van der Waals surface area contributed by atoms with Crippen LogP contribution in [0, 0.1) is 0 Å². The molecular formula is C10H15NO5. The van der Waals surface area contributed by atoms with Crippen LogP contribution in [0.1, 0.15) is 13.8 Å². The Kier molecular flexibility index (Phi) is 6.58. The molecule has 6 heteroatoms. The topological polar surface area (TPSA) is 81.7 Å². The Morgan fingerprint density at radius 2 is 1.94 bits per heavy atom. The van der Waals surface area contributed by atoms with Gasteiger partial charge in [0, 0.05) is 13.8 Å².